The number of nitrogens with two attached hydrogens (primary N) is 1. The predicted octanol–water partition coefficient (Wildman–Crippen LogP) is 3.91. The fourth-order valence-electron chi connectivity index (χ4n) is 1.85. The van der Waals surface area contributed by atoms with E-state index < -0.39 is 12.0 Å². The smallest absolute Gasteiger partial charge is 0.370 e. The van der Waals surface area contributed by atoms with Crippen LogP contribution in [0, 0.1) is 0 Å². The van der Waals surface area contributed by atoms with Crippen molar-refractivity contribution in [3.8, 4) is 0 Å². The van der Waals surface area contributed by atoms with Gasteiger partial charge in [-0.15, -0.1) is 29.1 Å². The summed E-state index contributed by atoms with van der Waals surface area (Å²) in [5.74, 6) is -1.27. The zero-order valence-corrected chi connectivity index (χ0v) is 16.6. The average molecular weight is 509 g/mol. The third kappa shape index (κ3) is 6.19. The summed E-state index contributed by atoms with van der Waals surface area (Å²) in [6.07, 6.45) is -4.61. The van der Waals surface area contributed by atoms with Gasteiger partial charge >= 0.3 is 6.18 Å². The number of guanidine groups is 1. The first kappa shape index (κ1) is 21.8. The third-order valence-electron chi connectivity index (χ3n) is 2.98. The summed E-state index contributed by atoms with van der Waals surface area (Å²) in [5.41, 5.74) is 6.47. The summed E-state index contributed by atoms with van der Waals surface area (Å²) in [5, 5.41) is 9.07. The van der Waals surface area contributed by atoms with Gasteiger partial charge in [0, 0.05) is 10.0 Å². The first-order valence-electron chi connectivity index (χ1n) is 6.66. The van der Waals surface area contributed by atoms with Crippen LogP contribution in [0.25, 0.3) is 0 Å². The van der Waals surface area contributed by atoms with Crippen molar-refractivity contribution in [2.24, 2.45) is 10.7 Å². The molecule has 0 aliphatic carbocycles. The lowest BCUT2D eigenvalue weighted by Gasteiger charge is -2.16. The molecule has 1 atom stereocenters. The number of hydrogen-bond donors (Lipinski definition) is 3. The van der Waals surface area contributed by atoms with E-state index >= 15 is 0 Å². The quantitative estimate of drug-likeness (QED) is 0.331. The summed E-state index contributed by atoms with van der Waals surface area (Å²) in [6, 6.07) is 4.74. The average Bonchev–Trinajstić information content (AvgIpc) is 2.93. The SMILES string of the molecule is CC(NC(N)=NCc1nc(C(F)(F)F)n[nH]1)c1ccc(Cl)cc1Cl.I. The summed E-state index contributed by atoms with van der Waals surface area (Å²) in [4.78, 5) is 7.21. The topological polar surface area (TPSA) is 92.0 Å². The normalized spacial score (nSPS) is 13.3. The molecule has 25 heavy (non-hydrogen) atoms. The highest BCUT2D eigenvalue weighted by atomic mass is 127. The Kier molecular flexibility index (Phi) is 7.75. The van der Waals surface area contributed by atoms with Crippen molar-refractivity contribution in [3.05, 3.63) is 45.5 Å². The van der Waals surface area contributed by atoms with Crippen LogP contribution in [0.2, 0.25) is 10.0 Å². The van der Waals surface area contributed by atoms with Crippen LogP contribution in [-0.2, 0) is 12.7 Å². The maximum Gasteiger partial charge on any atom is 0.453 e. The van der Waals surface area contributed by atoms with Crippen LogP contribution in [0.4, 0.5) is 13.2 Å². The second kappa shape index (κ2) is 8.90. The number of aromatic amines is 1. The molecule has 2 aromatic rings. The highest BCUT2D eigenvalue weighted by Gasteiger charge is 2.35. The predicted molar refractivity (Wildman–Crippen MR) is 100 cm³/mol. The second-order valence-corrected chi connectivity index (χ2v) is 5.68. The first-order valence-corrected chi connectivity index (χ1v) is 7.42. The number of halogens is 6. The van der Waals surface area contributed by atoms with Gasteiger partial charge < -0.3 is 11.1 Å². The summed E-state index contributed by atoms with van der Waals surface area (Å²) >= 11 is 11.9. The molecule has 6 nitrogen and oxygen atoms in total. The fraction of sp³-hybridized carbons (Fsp3) is 0.308. The van der Waals surface area contributed by atoms with Gasteiger partial charge in [-0.05, 0) is 24.6 Å². The van der Waals surface area contributed by atoms with E-state index in [-0.39, 0.29) is 48.3 Å². The maximum absolute atomic E-state index is 12.4. The number of H-pyrrole nitrogens is 1. The molecule has 0 aliphatic heterocycles. The summed E-state index contributed by atoms with van der Waals surface area (Å²) in [7, 11) is 0. The molecule has 2 rings (SSSR count). The number of aliphatic imine (C=N–C) groups is 1. The Morgan fingerprint density at radius 3 is 2.64 bits per heavy atom. The molecule has 0 fully saturated rings. The van der Waals surface area contributed by atoms with Gasteiger partial charge in [0.25, 0.3) is 5.82 Å². The molecule has 0 saturated heterocycles. The Balaban J connectivity index is 0.00000312. The molecule has 1 aromatic heterocycles. The molecular formula is C13H14Cl2F3IN6. The number of nitrogens with one attached hydrogen (secondary N) is 2. The summed E-state index contributed by atoms with van der Waals surface area (Å²) in [6.45, 7) is 1.62. The molecule has 0 aliphatic rings. The van der Waals surface area contributed by atoms with E-state index in [0.29, 0.717) is 10.0 Å². The number of aromatic nitrogens is 3. The van der Waals surface area contributed by atoms with Crippen LogP contribution in [0.3, 0.4) is 0 Å². The van der Waals surface area contributed by atoms with Crippen LogP contribution in [0.15, 0.2) is 23.2 Å². The zero-order valence-electron chi connectivity index (χ0n) is 12.7. The van der Waals surface area contributed by atoms with Crippen molar-refractivity contribution in [1.82, 2.24) is 20.5 Å². The lowest BCUT2D eigenvalue weighted by molar-refractivity contribution is -0.144. The Morgan fingerprint density at radius 1 is 1.40 bits per heavy atom. The monoisotopic (exact) mass is 508 g/mol. The molecule has 0 radical (unpaired) electrons. The lowest BCUT2D eigenvalue weighted by atomic mass is 10.1. The zero-order chi connectivity index (χ0) is 17.9. The minimum absolute atomic E-state index is 0. The molecule has 1 unspecified atom stereocenters. The molecule has 0 spiro atoms. The Morgan fingerprint density at radius 2 is 2.08 bits per heavy atom. The first-order chi connectivity index (χ1) is 11.2. The van der Waals surface area contributed by atoms with Crippen molar-refractivity contribution in [3.63, 3.8) is 0 Å². The van der Waals surface area contributed by atoms with E-state index in [1.54, 1.807) is 25.1 Å². The number of rotatable bonds is 4. The highest BCUT2D eigenvalue weighted by molar-refractivity contribution is 14.0. The van der Waals surface area contributed by atoms with E-state index in [4.69, 9.17) is 28.9 Å². The van der Waals surface area contributed by atoms with Crippen molar-refractivity contribution in [2.75, 3.05) is 0 Å². The van der Waals surface area contributed by atoms with E-state index in [1.165, 1.54) is 0 Å². The summed E-state index contributed by atoms with van der Waals surface area (Å²) < 4.78 is 37.2. The molecule has 1 heterocycles. The van der Waals surface area contributed by atoms with Crippen LogP contribution >= 0.6 is 47.2 Å². The van der Waals surface area contributed by atoms with E-state index in [0.717, 1.165) is 5.56 Å². The largest absolute Gasteiger partial charge is 0.453 e. The second-order valence-electron chi connectivity index (χ2n) is 4.84. The van der Waals surface area contributed by atoms with Gasteiger partial charge in [-0.25, -0.2) is 9.98 Å². The Bertz CT molecular complexity index is 750. The van der Waals surface area contributed by atoms with Crippen molar-refractivity contribution >= 4 is 53.1 Å². The van der Waals surface area contributed by atoms with Gasteiger partial charge in [-0.2, -0.15) is 13.2 Å². The van der Waals surface area contributed by atoms with Crippen LogP contribution < -0.4 is 11.1 Å². The highest BCUT2D eigenvalue weighted by Crippen LogP contribution is 2.26. The molecule has 0 bridgehead atoms. The number of hydrogen-bond acceptors (Lipinski definition) is 3. The number of benzene rings is 1. The molecule has 12 heteroatoms. The molecule has 0 saturated carbocycles. The van der Waals surface area contributed by atoms with E-state index in [1.807, 2.05) is 0 Å². The van der Waals surface area contributed by atoms with E-state index in [9.17, 15) is 13.2 Å². The van der Waals surface area contributed by atoms with Gasteiger partial charge in [0.1, 0.15) is 12.4 Å². The standard InChI is InChI=1S/C13H13Cl2F3N6.HI/c1-6(8-3-2-7(14)4-9(8)15)21-12(19)20-5-10-22-11(24-23-10)13(16,17)18;/h2-4,6H,5H2,1H3,(H3,19,20,21)(H,22,23,24);1H. The van der Waals surface area contributed by atoms with Crippen LogP contribution in [0.5, 0.6) is 0 Å². The van der Waals surface area contributed by atoms with Crippen LogP contribution in [0.1, 0.15) is 30.2 Å². The van der Waals surface area contributed by atoms with Gasteiger partial charge in [0.2, 0.25) is 0 Å². The maximum atomic E-state index is 12.4. The number of alkyl halides is 3. The lowest BCUT2D eigenvalue weighted by Crippen LogP contribution is -2.34. The van der Waals surface area contributed by atoms with Gasteiger partial charge in [-0.3, -0.25) is 5.10 Å². The Labute approximate surface area is 168 Å². The minimum atomic E-state index is -4.61. The van der Waals surface area contributed by atoms with Gasteiger partial charge in [0.05, 0.1) is 6.04 Å². The van der Waals surface area contributed by atoms with Crippen molar-refractivity contribution < 1.29 is 13.2 Å². The van der Waals surface area contributed by atoms with Crippen molar-refractivity contribution in [2.45, 2.75) is 25.7 Å². The van der Waals surface area contributed by atoms with Gasteiger partial charge in [-0.1, -0.05) is 29.3 Å². The van der Waals surface area contributed by atoms with Gasteiger partial charge in [0.15, 0.2) is 5.96 Å². The molecule has 138 valence electrons. The van der Waals surface area contributed by atoms with Crippen LogP contribution in [-0.4, -0.2) is 21.1 Å². The number of nitrogens with zero attached hydrogens (tertiary/aromatic N) is 3. The fourth-order valence-corrected chi connectivity index (χ4v) is 2.42. The van der Waals surface area contributed by atoms with Crippen molar-refractivity contribution in [1.29, 1.82) is 0 Å². The molecule has 1 aromatic carbocycles. The molecule has 4 N–H and O–H groups in total. The minimum Gasteiger partial charge on any atom is -0.370 e. The third-order valence-corrected chi connectivity index (χ3v) is 3.54. The Hall–Kier alpha value is -1.27. The van der Waals surface area contributed by atoms with E-state index in [2.05, 4.69) is 25.5 Å². The molecule has 0 amide bonds. The molecular weight excluding hydrogens is 495 g/mol.